The number of para-hydroxylation sites is 1. The number of nitrogens with one attached hydrogen (secondary N) is 2. The Labute approximate surface area is 140 Å². The molecular formula is C15H12N6O2S. The molecule has 1 aromatic carbocycles. The van der Waals surface area contributed by atoms with E-state index in [0.717, 1.165) is 0 Å². The fourth-order valence-electron chi connectivity index (χ4n) is 1.89. The minimum absolute atomic E-state index is 0.206. The maximum Gasteiger partial charge on any atom is 0.275 e. The molecule has 0 aliphatic carbocycles. The minimum atomic E-state index is -0.618. The Kier molecular flexibility index (Phi) is 4.43. The van der Waals surface area contributed by atoms with Crippen LogP contribution in [0.15, 0.2) is 48.1 Å². The van der Waals surface area contributed by atoms with Crippen LogP contribution in [0.5, 0.6) is 0 Å². The van der Waals surface area contributed by atoms with E-state index in [4.69, 9.17) is 5.73 Å². The largest absolute Gasteiger partial charge is 0.366 e. The molecular weight excluding hydrogens is 328 g/mol. The van der Waals surface area contributed by atoms with Crippen LogP contribution in [0.3, 0.4) is 0 Å². The number of nitrogens with zero attached hydrogens (tertiary/aromatic N) is 3. The van der Waals surface area contributed by atoms with Gasteiger partial charge in [-0.25, -0.2) is 15.0 Å². The van der Waals surface area contributed by atoms with E-state index in [2.05, 4.69) is 25.6 Å². The fourth-order valence-corrected chi connectivity index (χ4v) is 2.57. The molecule has 0 saturated heterocycles. The smallest absolute Gasteiger partial charge is 0.275 e. The van der Waals surface area contributed by atoms with Crippen LogP contribution >= 0.6 is 11.3 Å². The van der Waals surface area contributed by atoms with Gasteiger partial charge in [-0.05, 0) is 18.2 Å². The third-order valence-electron chi connectivity index (χ3n) is 2.96. The van der Waals surface area contributed by atoms with Crippen molar-refractivity contribution in [2.45, 2.75) is 0 Å². The Morgan fingerprint density at radius 2 is 1.83 bits per heavy atom. The monoisotopic (exact) mass is 340 g/mol. The second-order valence-electron chi connectivity index (χ2n) is 4.60. The summed E-state index contributed by atoms with van der Waals surface area (Å²) in [5.74, 6) is -0.673. The van der Waals surface area contributed by atoms with Crippen molar-refractivity contribution in [1.29, 1.82) is 0 Å². The van der Waals surface area contributed by atoms with Gasteiger partial charge in [0.1, 0.15) is 5.69 Å². The van der Waals surface area contributed by atoms with Crippen molar-refractivity contribution >= 4 is 39.9 Å². The summed E-state index contributed by atoms with van der Waals surface area (Å²) in [6.07, 6.45) is 3.19. The molecule has 0 bridgehead atoms. The number of hydrogen-bond donors (Lipinski definition) is 3. The van der Waals surface area contributed by atoms with E-state index in [1.165, 1.54) is 11.3 Å². The van der Waals surface area contributed by atoms with Crippen molar-refractivity contribution in [3.05, 3.63) is 59.4 Å². The van der Waals surface area contributed by atoms with Gasteiger partial charge in [-0.15, -0.1) is 11.3 Å². The van der Waals surface area contributed by atoms with E-state index in [1.54, 1.807) is 48.1 Å². The summed E-state index contributed by atoms with van der Waals surface area (Å²) in [5, 5.41) is 7.61. The van der Waals surface area contributed by atoms with Gasteiger partial charge in [0.05, 0.1) is 11.3 Å². The summed E-state index contributed by atoms with van der Waals surface area (Å²) < 4.78 is 0. The van der Waals surface area contributed by atoms with Crippen LogP contribution in [0.25, 0.3) is 0 Å². The number of aromatic nitrogens is 3. The zero-order valence-electron chi connectivity index (χ0n) is 12.3. The van der Waals surface area contributed by atoms with Crippen LogP contribution in [0.1, 0.15) is 20.8 Å². The predicted molar refractivity (Wildman–Crippen MR) is 90.3 cm³/mol. The summed E-state index contributed by atoms with van der Waals surface area (Å²) in [4.78, 5) is 35.9. The van der Waals surface area contributed by atoms with Gasteiger partial charge in [0, 0.05) is 17.8 Å². The van der Waals surface area contributed by atoms with Gasteiger partial charge >= 0.3 is 0 Å². The number of rotatable bonds is 5. The molecule has 24 heavy (non-hydrogen) atoms. The molecule has 8 nitrogen and oxygen atoms in total. The molecule has 0 fully saturated rings. The second-order valence-corrected chi connectivity index (χ2v) is 5.46. The third-order valence-corrected chi connectivity index (χ3v) is 3.72. The number of nitrogens with two attached hydrogens (primary N) is 1. The maximum absolute atomic E-state index is 12.3. The Bertz CT molecular complexity index is 880. The Balaban J connectivity index is 1.74. The Morgan fingerprint density at radius 3 is 2.58 bits per heavy atom. The molecule has 0 spiro atoms. The zero-order valence-corrected chi connectivity index (χ0v) is 13.1. The third kappa shape index (κ3) is 3.52. The average molecular weight is 340 g/mol. The topological polar surface area (TPSA) is 123 Å². The lowest BCUT2D eigenvalue weighted by atomic mass is 10.1. The van der Waals surface area contributed by atoms with E-state index in [0.29, 0.717) is 16.8 Å². The molecule has 0 saturated carbocycles. The molecule has 3 aromatic rings. The maximum atomic E-state index is 12.3. The summed E-state index contributed by atoms with van der Waals surface area (Å²) in [5.41, 5.74) is 6.07. The van der Waals surface area contributed by atoms with Crippen LogP contribution in [-0.2, 0) is 0 Å². The van der Waals surface area contributed by atoms with Gasteiger partial charge in [0.25, 0.3) is 11.8 Å². The zero-order chi connectivity index (χ0) is 16.9. The van der Waals surface area contributed by atoms with Crippen LogP contribution in [0.4, 0.5) is 16.8 Å². The van der Waals surface area contributed by atoms with Crippen LogP contribution in [0.2, 0.25) is 0 Å². The molecule has 2 heterocycles. The summed E-state index contributed by atoms with van der Waals surface area (Å²) >= 11 is 1.24. The van der Waals surface area contributed by atoms with Crippen molar-refractivity contribution in [1.82, 2.24) is 15.0 Å². The number of anilines is 3. The van der Waals surface area contributed by atoms with Crippen molar-refractivity contribution < 1.29 is 9.59 Å². The Hall–Kier alpha value is -3.33. The average Bonchev–Trinajstić information content (AvgIpc) is 3.05. The minimum Gasteiger partial charge on any atom is -0.366 e. The van der Waals surface area contributed by atoms with E-state index >= 15 is 0 Å². The van der Waals surface area contributed by atoms with E-state index in [9.17, 15) is 9.59 Å². The number of carbonyl (C=O) groups excluding carboxylic acids is 2. The lowest BCUT2D eigenvalue weighted by molar-refractivity contribution is 0.100. The highest BCUT2D eigenvalue weighted by molar-refractivity contribution is 7.14. The number of hydrogen-bond acceptors (Lipinski definition) is 7. The summed E-state index contributed by atoms with van der Waals surface area (Å²) in [7, 11) is 0. The van der Waals surface area contributed by atoms with Crippen molar-refractivity contribution in [2.24, 2.45) is 5.73 Å². The molecule has 4 N–H and O–H groups in total. The lowest BCUT2D eigenvalue weighted by Gasteiger charge is -2.07. The number of benzene rings is 1. The quantitative estimate of drug-likeness (QED) is 0.653. The van der Waals surface area contributed by atoms with Crippen LogP contribution in [0, 0.1) is 0 Å². The molecule has 0 atom stereocenters. The highest BCUT2D eigenvalue weighted by atomic mass is 32.1. The highest BCUT2D eigenvalue weighted by Crippen LogP contribution is 2.20. The molecule has 0 radical (unpaired) electrons. The van der Waals surface area contributed by atoms with Gasteiger partial charge in [0.2, 0.25) is 5.95 Å². The highest BCUT2D eigenvalue weighted by Gasteiger charge is 2.15. The second kappa shape index (κ2) is 6.84. The molecule has 2 amide bonds. The molecule has 0 unspecified atom stereocenters. The molecule has 0 aliphatic rings. The van der Waals surface area contributed by atoms with E-state index < -0.39 is 11.8 Å². The van der Waals surface area contributed by atoms with Crippen molar-refractivity contribution in [3.8, 4) is 0 Å². The van der Waals surface area contributed by atoms with E-state index in [1.807, 2.05) is 0 Å². The van der Waals surface area contributed by atoms with Crippen LogP contribution < -0.4 is 16.4 Å². The van der Waals surface area contributed by atoms with Gasteiger partial charge in [-0.2, -0.15) is 0 Å². The molecule has 0 aliphatic heterocycles. The predicted octanol–water partition coefficient (Wildman–Crippen LogP) is 2.03. The lowest BCUT2D eigenvalue weighted by Crippen LogP contribution is -2.18. The van der Waals surface area contributed by atoms with Gasteiger partial charge in [-0.3, -0.25) is 9.59 Å². The van der Waals surface area contributed by atoms with Crippen molar-refractivity contribution in [2.75, 3.05) is 10.6 Å². The molecule has 9 heteroatoms. The number of amides is 2. The molecule has 120 valence electrons. The van der Waals surface area contributed by atoms with Gasteiger partial charge in [-0.1, -0.05) is 12.1 Å². The first-order valence-electron chi connectivity index (χ1n) is 6.83. The van der Waals surface area contributed by atoms with Gasteiger partial charge in [0.15, 0.2) is 5.13 Å². The molecule has 3 rings (SSSR count). The first kappa shape index (κ1) is 15.6. The Morgan fingerprint density at radius 1 is 1.08 bits per heavy atom. The normalized spacial score (nSPS) is 10.2. The van der Waals surface area contributed by atoms with E-state index in [-0.39, 0.29) is 11.3 Å². The first-order valence-corrected chi connectivity index (χ1v) is 7.71. The van der Waals surface area contributed by atoms with Crippen LogP contribution in [-0.4, -0.2) is 26.8 Å². The summed E-state index contributed by atoms with van der Waals surface area (Å²) in [6, 6.07) is 8.20. The summed E-state index contributed by atoms with van der Waals surface area (Å²) in [6.45, 7) is 0. The number of carbonyl (C=O) groups is 2. The van der Waals surface area contributed by atoms with Crippen molar-refractivity contribution in [3.63, 3.8) is 0 Å². The molecule has 2 aromatic heterocycles. The number of primary amides is 1. The number of thiazole rings is 1. The fraction of sp³-hybridized carbons (Fsp3) is 0. The standard InChI is InChI=1S/C15H12N6O2S/c16-12(22)9-4-1-2-5-10(9)19-13(23)11-8-24-15(20-11)21-14-17-6-3-7-18-14/h1-8H,(H2,16,22)(H,19,23)(H,17,18,20,21). The SMILES string of the molecule is NC(=O)c1ccccc1NC(=O)c1csc(Nc2ncccn2)n1. The first-order chi connectivity index (χ1) is 11.6. The van der Waals surface area contributed by atoms with Gasteiger partial charge < -0.3 is 16.4 Å².